The maximum atomic E-state index is 5.58. The number of fused-ring (bicyclic) bond motifs is 2. The molecule has 16 heavy (non-hydrogen) atoms. The summed E-state index contributed by atoms with van der Waals surface area (Å²) in [5, 5.41) is 0. The normalized spacial score (nSPS) is 22.1. The lowest BCUT2D eigenvalue weighted by atomic mass is 9.70. The summed E-state index contributed by atoms with van der Waals surface area (Å²) in [5.41, 5.74) is 3.57. The van der Waals surface area contributed by atoms with Crippen molar-refractivity contribution < 1.29 is 4.74 Å². The molecule has 1 heteroatoms. The Bertz CT molecular complexity index is 383. The summed E-state index contributed by atoms with van der Waals surface area (Å²) in [7, 11) is 1.81. The van der Waals surface area contributed by atoms with Gasteiger partial charge in [-0.2, -0.15) is 0 Å². The van der Waals surface area contributed by atoms with E-state index in [2.05, 4.69) is 18.2 Å². The third kappa shape index (κ3) is 1.37. The Morgan fingerprint density at radius 2 is 1.88 bits per heavy atom. The molecule has 0 saturated heterocycles. The standard InChI is InChI=1S/C15H20O/c1-16-13-7-5-6-12-8-11-15(14(12)13)9-3-2-4-10-15/h5-7H,2-4,8-11H2,1H3. The molecule has 2 aliphatic rings. The molecule has 86 valence electrons. The van der Waals surface area contributed by atoms with Gasteiger partial charge in [0.1, 0.15) is 5.75 Å². The number of methoxy groups -OCH3 is 1. The minimum atomic E-state index is 0.472. The smallest absolute Gasteiger partial charge is 0.122 e. The highest BCUT2D eigenvalue weighted by molar-refractivity contribution is 5.49. The largest absolute Gasteiger partial charge is 0.496 e. The molecule has 1 aromatic carbocycles. The highest BCUT2D eigenvalue weighted by atomic mass is 16.5. The van der Waals surface area contributed by atoms with Gasteiger partial charge in [-0.3, -0.25) is 0 Å². The second kappa shape index (κ2) is 3.80. The van der Waals surface area contributed by atoms with Gasteiger partial charge in [-0.1, -0.05) is 31.4 Å². The quantitative estimate of drug-likeness (QED) is 0.693. The van der Waals surface area contributed by atoms with Crippen molar-refractivity contribution in [2.75, 3.05) is 7.11 Å². The molecule has 0 atom stereocenters. The summed E-state index contributed by atoms with van der Waals surface area (Å²) in [6.07, 6.45) is 9.58. The molecular weight excluding hydrogens is 196 g/mol. The van der Waals surface area contributed by atoms with E-state index in [1.165, 1.54) is 44.9 Å². The Morgan fingerprint density at radius 1 is 1.06 bits per heavy atom. The predicted molar refractivity (Wildman–Crippen MR) is 66.1 cm³/mol. The van der Waals surface area contributed by atoms with Crippen molar-refractivity contribution in [2.45, 2.75) is 50.4 Å². The zero-order valence-electron chi connectivity index (χ0n) is 10.1. The monoisotopic (exact) mass is 216 g/mol. The van der Waals surface area contributed by atoms with E-state index in [0.717, 1.165) is 5.75 Å². The van der Waals surface area contributed by atoms with Gasteiger partial charge in [0.25, 0.3) is 0 Å². The summed E-state index contributed by atoms with van der Waals surface area (Å²) in [4.78, 5) is 0. The van der Waals surface area contributed by atoms with Crippen LogP contribution in [0.4, 0.5) is 0 Å². The lowest BCUT2D eigenvalue weighted by Crippen LogP contribution is -2.26. The maximum absolute atomic E-state index is 5.58. The molecule has 0 radical (unpaired) electrons. The first-order chi connectivity index (χ1) is 7.86. The average Bonchev–Trinajstić information content (AvgIpc) is 2.70. The number of rotatable bonds is 1. The molecule has 1 spiro atoms. The summed E-state index contributed by atoms with van der Waals surface area (Å²) < 4.78 is 5.58. The molecule has 1 nitrogen and oxygen atoms in total. The molecule has 1 fully saturated rings. The Balaban J connectivity index is 2.08. The van der Waals surface area contributed by atoms with Crippen molar-refractivity contribution in [1.29, 1.82) is 0 Å². The van der Waals surface area contributed by atoms with Crippen molar-refractivity contribution in [3.8, 4) is 5.75 Å². The molecular formula is C15H20O. The summed E-state index contributed by atoms with van der Waals surface area (Å²) in [5.74, 6) is 1.14. The molecule has 3 rings (SSSR count). The van der Waals surface area contributed by atoms with Crippen LogP contribution in [-0.2, 0) is 11.8 Å². The van der Waals surface area contributed by atoms with Crippen LogP contribution in [0.2, 0.25) is 0 Å². The van der Waals surface area contributed by atoms with Crippen LogP contribution >= 0.6 is 0 Å². The molecule has 0 unspecified atom stereocenters. The minimum Gasteiger partial charge on any atom is -0.496 e. The van der Waals surface area contributed by atoms with E-state index in [-0.39, 0.29) is 0 Å². The van der Waals surface area contributed by atoms with Gasteiger partial charge in [-0.15, -0.1) is 0 Å². The number of hydrogen-bond acceptors (Lipinski definition) is 1. The lowest BCUT2D eigenvalue weighted by Gasteiger charge is -2.35. The number of hydrogen-bond donors (Lipinski definition) is 0. The van der Waals surface area contributed by atoms with Crippen LogP contribution in [-0.4, -0.2) is 7.11 Å². The highest BCUT2D eigenvalue weighted by Gasteiger charge is 2.41. The molecule has 2 aliphatic carbocycles. The Morgan fingerprint density at radius 3 is 2.62 bits per heavy atom. The van der Waals surface area contributed by atoms with Crippen LogP contribution in [0, 0.1) is 0 Å². The van der Waals surface area contributed by atoms with Crippen molar-refractivity contribution >= 4 is 0 Å². The predicted octanol–water partition coefficient (Wildman–Crippen LogP) is 3.84. The van der Waals surface area contributed by atoms with Gasteiger partial charge in [0.2, 0.25) is 0 Å². The molecule has 0 amide bonds. The molecule has 0 heterocycles. The molecule has 0 bridgehead atoms. The minimum absolute atomic E-state index is 0.472. The van der Waals surface area contributed by atoms with E-state index >= 15 is 0 Å². The second-order valence-corrected chi connectivity index (χ2v) is 5.34. The van der Waals surface area contributed by atoms with Crippen LogP contribution in [0.3, 0.4) is 0 Å². The Labute approximate surface area is 97.8 Å². The molecule has 0 aromatic heterocycles. The molecule has 1 saturated carbocycles. The summed E-state index contributed by atoms with van der Waals surface area (Å²) in [6.45, 7) is 0. The van der Waals surface area contributed by atoms with Gasteiger partial charge in [0.05, 0.1) is 7.11 Å². The Hall–Kier alpha value is -0.980. The van der Waals surface area contributed by atoms with Gasteiger partial charge >= 0.3 is 0 Å². The zero-order chi connectivity index (χ0) is 11.0. The molecule has 0 N–H and O–H groups in total. The number of ether oxygens (including phenoxy) is 1. The fourth-order valence-corrected chi connectivity index (χ4v) is 3.78. The van der Waals surface area contributed by atoms with Gasteiger partial charge in [-0.25, -0.2) is 0 Å². The Kier molecular flexibility index (Phi) is 2.42. The van der Waals surface area contributed by atoms with Crippen molar-refractivity contribution in [2.24, 2.45) is 0 Å². The number of benzene rings is 1. The highest BCUT2D eigenvalue weighted by Crippen LogP contribution is 2.51. The van der Waals surface area contributed by atoms with Crippen LogP contribution in [0.15, 0.2) is 18.2 Å². The zero-order valence-corrected chi connectivity index (χ0v) is 10.1. The van der Waals surface area contributed by atoms with E-state index in [1.54, 1.807) is 11.1 Å². The van der Waals surface area contributed by atoms with E-state index in [0.29, 0.717) is 5.41 Å². The second-order valence-electron chi connectivity index (χ2n) is 5.34. The topological polar surface area (TPSA) is 9.23 Å². The maximum Gasteiger partial charge on any atom is 0.122 e. The van der Waals surface area contributed by atoms with Gasteiger partial charge in [0, 0.05) is 5.56 Å². The SMILES string of the molecule is COc1cccc2c1C1(CCCCC1)CC2. The molecule has 0 aliphatic heterocycles. The van der Waals surface area contributed by atoms with Crippen LogP contribution in [0.25, 0.3) is 0 Å². The van der Waals surface area contributed by atoms with E-state index in [1.807, 2.05) is 7.11 Å². The summed E-state index contributed by atoms with van der Waals surface area (Å²) in [6, 6.07) is 6.57. The van der Waals surface area contributed by atoms with Crippen molar-refractivity contribution in [3.05, 3.63) is 29.3 Å². The first-order valence-electron chi connectivity index (χ1n) is 6.52. The first kappa shape index (κ1) is 10.2. The molecule has 1 aromatic rings. The summed E-state index contributed by atoms with van der Waals surface area (Å²) >= 11 is 0. The van der Waals surface area contributed by atoms with Crippen LogP contribution in [0.1, 0.15) is 49.7 Å². The van der Waals surface area contributed by atoms with Gasteiger partial charge in [0.15, 0.2) is 0 Å². The van der Waals surface area contributed by atoms with Gasteiger partial charge in [-0.05, 0) is 42.7 Å². The fraction of sp³-hybridized carbons (Fsp3) is 0.600. The third-order valence-corrected chi connectivity index (χ3v) is 4.55. The lowest BCUT2D eigenvalue weighted by molar-refractivity contribution is 0.281. The first-order valence-corrected chi connectivity index (χ1v) is 6.52. The van der Waals surface area contributed by atoms with Crippen LogP contribution in [0.5, 0.6) is 5.75 Å². The van der Waals surface area contributed by atoms with Crippen molar-refractivity contribution in [1.82, 2.24) is 0 Å². The van der Waals surface area contributed by atoms with Crippen molar-refractivity contribution in [3.63, 3.8) is 0 Å². The number of aryl methyl sites for hydroxylation is 1. The fourth-order valence-electron chi connectivity index (χ4n) is 3.78. The van der Waals surface area contributed by atoms with Crippen LogP contribution < -0.4 is 4.74 Å². The van der Waals surface area contributed by atoms with E-state index in [9.17, 15) is 0 Å². The van der Waals surface area contributed by atoms with Gasteiger partial charge < -0.3 is 4.74 Å². The van der Waals surface area contributed by atoms with E-state index < -0.39 is 0 Å². The van der Waals surface area contributed by atoms with E-state index in [4.69, 9.17) is 4.74 Å². The third-order valence-electron chi connectivity index (χ3n) is 4.55. The average molecular weight is 216 g/mol.